The average molecular weight is 291 g/mol. The topological polar surface area (TPSA) is 39.2 Å². The Bertz CT molecular complexity index is 851. The van der Waals surface area contributed by atoms with Crippen LogP contribution in [-0.2, 0) is 4.74 Å². The molecule has 0 radical (unpaired) electrons. The number of ether oxygens (including phenoxy) is 1. The van der Waals surface area contributed by atoms with Crippen LogP contribution in [0.1, 0.15) is 21.6 Å². The molecule has 0 aliphatic heterocycles. The molecule has 1 heterocycles. The van der Waals surface area contributed by atoms with Gasteiger partial charge in [0.1, 0.15) is 0 Å². The Labute approximate surface area is 129 Å². The van der Waals surface area contributed by atoms with Gasteiger partial charge in [-0.2, -0.15) is 0 Å². The molecule has 3 heteroatoms. The first-order valence-electron chi connectivity index (χ1n) is 7.15. The van der Waals surface area contributed by atoms with Crippen molar-refractivity contribution in [2.45, 2.75) is 13.8 Å². The van der Waals surface area contributed by atoms with Gasteiger partial charge in [0.2, 0.25) is 0 Å². The SMILES string of the molecule is COC(=O)c1cc2cc(-c3ccc(C)cc3)ccc2nc1C. The predicted octanol–water partition coefficient (Wildman–Crippen LogP) is 4.31. The summed E-state index contributed by atoms with van der Waals surface area (Å²) >= 11 is 0. The molecule has 0 amide bonds. The van der Waals surface area contributed by atoms with Crippen LogP contribution < -0.4 is 0 Å². The van der Waals surface area contributed by atoms with Gasteiger partial charge in [-0.05, 0) is 43.2 Å². The summed E-state index contributed by atoms with van der Waals surface area (Å²) in [6, 6.07) is 16.3. The molecule has 0 atom stereocenters. The van der Waals surface area contributed by atoms with Crippen molar-refractivity contribution in [2.24, 2.45) is 0 Å². The van der Waals surface area contributed by atoms with Crippen LogP contribution in [0.4, 0.5) is 0 Å². The Balaban J connectivity index is 2.14. The number of pyridine rings is 1. The summed E-state index contributed by atoms with van der Waals surface area (Å²) in [5.74, 6) is -0.354. The summed E-state index contributed by atoms with van der Waals surface area (Å²) in [7, 11) is 1.38. The molecule has 0 aliphatic rings. The maximum absolute atomic E-state index is 11.8. The van der Waals surface area contributed by atoms with E-state index in [9.17, 15) is 4.79 Å². The van der Waals surface area contributed by atoms with E-state index < -0.39 is 0 Å². The van der Waals surface area contributed by atoms with E-state index in [2.05, 4.69) is 48.3 Å². The lowest BCUT2D eigenvalue weighted by Gasteiger charge is -2.08. The fourth-order valence-electron chi connectivity index (χ4n) is 2.51. The van der Waals surface area contributed by atoms with Gasteiger partial charge in [-0.15, -0.1) is 0 Å². The number of esters is 1. The van der Waals surface area contributed by atoms with E-state index in [0.29, 0.717) is 11.3 Å². The minimum Gasteiger partial charge on any atom is -0.465 e. The number of carbonyl (C=O) groups is 1. The number of rotatable bonds is 2. The normalized spacial score (nSPS) is 10.7. The molecule has 0 bridgehead atoms. The van der Waals surface area contributed by atoms with Gasteiger partial charge in [0.05, 0.1) is 23.9 Å². The largest absolute Gasteiger partial charge is 0.465 e. The average Bonchev–Trinajstić information content (AvgIpc) is 2.54. The van der Waals surface area contributed by atoms with Crippen LogP contribution in [0.2, 0.25) is 0 Å². The van der Waals surface area contributed by atoms with Crippen molar-refractivity contribution < 1.29 is 9.53 Å². The predicted molar refractivity (Wildman–Crippen MR) is 88.0 cm³/mol. The third-order valence-corrected chi connectivity index (χ3v) is 3.80. The van der Waals surface area contributed by atoms with Crippen molar-refractivity contribution in [2.75, 3.05) is 7.11 Å². The van der Waals surface area contributed by atoms with E-state index in [1.54, 1.807) is 0 Å². The number of aryl methyl sites for hydroxylation is 2. The lowest BCUT2D eigenvalue weighted by atomic mass is 10.0. The highest BCUT2D eigenvalue weighted by atomic mass is 16.5. The highest BCUT2D eigenvalue weighted by molar-refractivity contribution is 5.96. The molecule has 3 rings (SSSR count). The molecule has 0 saturated carbocycles. The Morgan fingerprint density at radius 1 is 0.955 bits per heavy atom. The molecular weight excluding hydrogens is 274 g/mol. The van der Waals surface area contributed by atoms with Gasteiger partial charge >= 0.3 is 5.97 Å². The number of fused-ring (bicyclic) bond motifs is 1. The molecular formula is C19H17NO2. The first-order valence-corrected chi connectivity index (χ1v) is 7.15. The summed E-state index contributed by atoms with van der Waals surface area (Å²) in [4.78, 5) is 16.3. The second-order valence-corrected chi connectivity index (χ2v) is 5.39. The van der Waals surface area contributed by atoms with Gasteiger partial charge in [0.25, 0.3) is 0 Å². The summed E-state index contributed by atoms with van der Waals surface area (Å²) < 4.78 is 4.82. The Morgan fingerprint density at radius 2 is 1.64 bits per heavy atom. The zero-order valence-electron chi connectivity index (χ0n) is 12.9. The Kier molecular flexibility index (Phi) is 3.63. The fourth-order valence-corrected chi connectivity index (χ4v) is 2.51. The minimum absolute atomic E-state index is 0.354. The molecule has 0 N–H and O–H groups in total. The van der Waals surface area contributed by atoms with Gasteiger partial charge in [-0.25, -0.2) is 4.79 Å². The highest BCUT2D eigenvalue weighted by Crippen LogP contribution is 2.25. The van der Waals surface area contributed by atoms with Crippen LogP contribution in [0, 0.1) is 13.8 Å². The third-order valence-electron chi connectivity index (χ3n) is 3.80. The molecule has 110 valence electrons. The van der Waals surface area contributed by atoms with E-state index in [-0.39, 0.29) is 5.97 Å². The number of hydrogen-bond donors (Lipinski definition) is 0. The first kappa shape index (κ1) is 14.3. The van der Waals surface area contributed by atoms with E-state index in [1.807, 2.05) is 19.1 Å². The summed E-state index contributed by atoms with van der Waals surface area (Å²) in [5, 5.41) is 0.934. The molecule has 0 fully saturated rings. The standard InChI is InChI=1S/C19H17NO2/c1-12-4-6-14(7-5-12)15-8-9-18-16(10-15)11-17(13(2)20-18)19(21)22-3/h4-11H,1-3H3. The monoisotopic (exact) mass is 291 g/mol. The molecule has 0 saturated heterocycles. The molecule has 0 aliphatic carbocycles. The van der Waals surface area contributed by atoms with Crippen LogP contribution in [0.15, 0.2) is 48.5 Å². The molecule has 2 aromatic carbocycles. The summed E-state index contributed by atoms with van der Waals surface area (Å²) in [5.41, 5.74) is 5.55. The molecule has 1 aromatic heterocycles. The van der Waals surface area contributed by atoms with E-state index in [0.717, 1.165) is 22.0 Å². The number of aromatic nitrogens is 1. The second kappa shape index (κ2) is 5.60. The number of nitrogens with zero attached hydrogens (tertiary/aromatic N) is 1. The second-order valence-electron chi connectivity index (χ2n) is 5.39. The zero-order valence-corrected chi connectivity index (χ0v) is 12.9. The molecule has 0 spiro atoms. The van der Waals surface area contributed by atoms with Crippen molar-refractivity contribution in [3.8, 4) is 11.1 Å². The maximum Gasteiger partial charge on any atom is 0.339 e. The molecule has 3 nitrogen and oxygen atoms in total. The quantitative estimate of drug-likeness (QED) is 0.661. The number of methoxy groups -OCH3 is 1. The highest BCUT2D eigenvalue weighted by Gasteiger charge is 2.12. The van der Waals surface area contributed by atoms with Crippen LogP contribution in [0.3, 0.4) is 0 Å². The maximum atomic E-state index is 11.8. The third kappa shape index (κ3) is 2.58. The van der Waals surface area contributed by atoms with Crippen molar-refractivity contribution in [3.05, 3.63) is 65.4 Å². The van der Waals surface area contributed by atoms with Gasteiger partial charge < -0.3 is 4.74 Å². The number of carbonyl (C=O) groups excluding carboxylic acids is 1. The van der Waals surface area contributed by atoms with Gasteiger partial charge in [-0.3, -0.25) is 4.98 Å². The summed E-state index contributed by atoms with van der Waals surface area (Å²) in [6.45, 7) is 3.89. The van der Waals surface area contributed by atoms with E-state index in [1.165, 1.54) is 12.7 Å². The van der Waals surface area contributed by atoms with Crippen LogP contribution in [0.5, 0.6) is 0 Å². The molecule has 22 heavy (non-hydrogen) atoms. The summed E-state index contributed by atoms with van der Waals surface area (Å²) in [6.07, 6.45) is 0. The van der Waals surface area contributed by atoms with Crippen molar-refractivity contribution in [1.29, 1.82) is 0 Å². The molecule has 0 unspecified atom stereocenters. The van der Waals surface area contributed by atoms with Crippen LogP contribution in [0.25, 0.3) is 22.0 Å². The first-order chi connectivity index (χ1) is 10.6. The van der Waals surface area contributed by atoms with Crippen LogP contribution in [-0.4, -0.2) is 18.1 Å². The minimum atomic E-state index is -0.354. The van der Waals surface area contributed by atoms with Gasteiger partial charge in [-0.1, -0.05) is 35.9 Å². The van der Waals surface area contributed by atoms with Crippen molar-refractivity contribution >= 4 is 16.9 Å². The zero-order chi connectivity index (χ0) is 15.7. The van der Waals surface area contributed by atoms with Crippen LogP contribution >= 0.6 is 0 Å². The van der Waals surface area contributed by atoms with Crippen molar-refractivity contribution in [1.82, 2.24) is 4.98 Å². The lowest BCUT2D eigenvalue weighted by molar-refractivity contribution is 0.0599. The molecule has 3 aromatic rings. The van der Waals surface area contributed by atoms with E-state index >= 15 is 0 Å². The van der Waals surface area contributed by atoms with Gasteiger partial charge in [0.15, 0.2) is 0 Å². The smallest absolute Gasteiger partial charge is 0.339 e. The van der Waals surface area contributed by atoms with E-state index in [4.69, 9.17) is 4.74 Å². The lowest BCUT2D eigenvalue weighted by Crippen LogP contribution is -2.05. The number of benzene rings is 2. The van der Waals surface area contributed by atoms with Gasteiger partial charge in [0, 0.05) is 5.39 Å². The van der Waals surface area contributed by atoms with Crippen molar-refractivity contribution in [3.63, 3.8) is 0 Å². The fraction of sp³-hybridized carbons (Fsp3) is 0.158. The Hall–Kier alpha value is -2.68. The Morgan fingerprint density at radius 3 is 2.32 bits per heavy atom. The number of hydrogen-bond acceptors (Lipinski definition) is 3.